The van der Waals surface area contributed by atoms with Gasteiger partial charge in [0.05, 0.1) is 5.52 Å². The molecule has 14 heavy (non-hydrogen) atoms. The van der Waals surface area contributed by atoms with E-state index in [9.17, 15) is 4.79 Å². The minimum absolute atomic E-state index is 0.577. The van der Waals surface area contributed by atoms with Crippen LogP contribution in [0.25, 0.3) is 10.9 Å². The summed E-state index contributed by atoms with van der Waals surface area (Å²) in [6, 6.07) is 9.97. The number of pyridine rings is 1. The molecule has 2 rings (SSSR count). The van der Waals surface area contributed by atoms with Gasteiger partial charge in [0.2, 0.25) is 0 Å². The van der Waals surface area contributed by atoms with E-state index in [0.717, 1.165) is 23.6 Å². The first-order valence-corrected chi connectivity index (χ1v) is 4.68. The molecule has 0 N–H and O–H groups in total. The molecule has 1 heterocycles. The van der Waals surface area contributed by atoms with Crippen molar-refractivity contribution in [2.75, 3.05) is 0 Å². The molecule has 0 spiro atoms. The van der Waals surface area contributed by atoms with Crippen LogP contribution in [0.1, 0.15) is 12.0 Å². The molecular formula is C12H11NO. The smallest absolute Gasteiger partial charge is 0.120 e. The van der Waals surface area contributed by atoms with Crippen LogP contribution in [-0.4, -0.2) is 11.3 Å². The summed E-state index contributed by atoms with van der Waals surface area (Å²) >= 11 is 0. The van der Waals surface area contributed by atoms with Gasteiger partial charge in [0.15, 0.2) is 0 Å². The normalized spacial score (nSPS) is 10.3. The van der Waals surface area contributed by atoms with E-state index in [-0.39, 0.29) is 0 Å². The summed E-state index contributed by atoms with van der Waals surface area (Å²) in [5, 5.41) is 1.15. The fourth-order valence-corrected chi connectivity index (χ4v) is 1.59. The standard InChI is InChI=1S/C12H11NO/c14-9-3-4-10-7-8-13-12-6-2-1-5-11(10)12/h1-2,5-9H,3-4H2. The first kappa shape index (κ1) is 8.88. The summed E-state index contributed by atoms with van der Waals surface area (Å²) in [4.78, 5) is 14.6. The third-order valence-electron chi connectivity index (χ3n) is 2.27. The van der Waals surface area contributed by atoms with Crippen LogP contribution in [0.15, 0.2) is 36.5 Å². The highest BCUT2D eigenvalue weighted by Gasteiger charge is 1.99. The van der Waals surface area contributed by atoms with Crippen LogP contribution in [0.3, 0.4) is 0 Å². The van der Waals surface area contributed by atoms with Crippen molar-refractivity contribution < 1.29 is 4.79 Å². The largest absolute Gasteiger partial charge is 0.303 e. The monoisotopic (exact) mass is 185 g/mol. The Morgan fingerprint density at radius 3 is 2.93 bits per heavy atom. The average molecular weight is 185 g/mol. The van der Waals surface area contributed by atoms with Gasteiger partial charge in [-0.1, -0.05) is 18.2 Å². The Bertz CT molecular complexity index is 446. The van der Waals surface area contributed by atoms with Gasteiger partial charge in [-0.2, -0.15) is 0 Å². The number of fused-ring (bicyclic) bond motifs is 1. The lowest BCUT2D eigenvalue weighted by Crippen LogP contribution is -1.89. The van der Waals surface area contributed by atoms with Crippen LogP contribution in [0.5, 0.6) is 0 Å². The number of aryl methyl sites for hydroxylation is 1. The highest BCUT2D eigenvalue weighted by Crippen LogP contribution is 2.16. The Morgan fingerprint density at radius 1 is 1.21 bits per heavy atom. The molecule has 0 radical (unpaired) electrons. The first-order valence-electron chi connectivity index (χ1n) is 4.68. The summed E-state index contributed by atoms with van der Waals surface area (Å²) in [5.74, 6) is 0. The number of nitrogens with zero attached hydrogens (tertiary/aromatic N) is 1. The predicted molar refractivity (Wildman–Crippen MR) is 56.1 cm³/mol. The molecule has 0 aliphatic rings. The first-order chi connectivity index (χ1) is 6.92. The molecule has 0 bridgehead atoms. The zero-order valence-electron chi connectivity index (χ0n) is 7.81. The summed E-state index contributed by atoms with van der Waals surface area (Å²) in [5.41, 5.74) is 2.19. The minimum Gasteiger partial charge on any atom is -0.303 e. The molecule has 0 aliphatic heterocycles. The number of hydrogen-bond acceptors (Lipinski definition) is 2. The molecule has 0 fully saturated rings. The van der Waals surface area contributed by atoms with E-state index in [0.29, 0.717) is 6.42 Å². The van der Waals surface area contributed by atoms with Crippen molar-refractivity contribution in [3.63, 3.8) is 0 Å². The van der Waals surface area contributed by atoms with Crippen molar-refractivity contribution in [1.82, 2.24) is 4.98 Å². The fourth-order valence-electron chi connectivity index (χ4n) is 1.59. The third kappa shape index (κ3) is 1.64. The number of hydrogen-bond donors (Lipinski definition) is 0. The van der Waals surface area contributed by atoms with Gasteiger partial charge in [-0.25, -0.2) is 0 Å². The van der Waals surface area contributed by atoms with E-state index in [1.807, 2.05) is 30.3 Å². The van der Waals surface area contributed by atoms with E-state index >= 15 is 0 Å². The molecule has 70 valence electrons. The predicted octanol–water partition coefficient (Wildman–Crippen LogP) is 2.37. The van der Waals surface area contributed by atoms with Crippen molar-refractivity contribution in [2.24, 2.45) is 0 Å². The maximum Gasteiger partial charge on any atom is 0.120 e. The van der Waals surface area contributed by atoms with Gasteiger partial charge in [-0.15, -0.1) is 0 Å². The van der Waals surface area contributed by atoms with Crippen molar-refractivity contribution in [1.29, 1.82) is 0 Å². The van der Waals surface area contributed by atoms with E-state index in [2.05, 4.69) is 4.98 Å². The summed E-state index contributed by atoms with van der Waals surface area (Å²) in [6.45, 7) is 0. The second-order valence-corrected chi connectivity index (χ2v) is 3.19. The molecule has 2 heteroatoms. The molecular weight excluding hydrogens is 174 g/mol. The third-order valence-corrected chi connectivity index (χ3v) is 2.27. The Kier molecular flexibility index (Phi) is 2.54. The molecule has 0 amide bonds. The van der Waals surface area contributed by atoms with Crippen LogP contribution in [0.2, 0.25) is 0 Å². The maximum absolute atomic E-state index is 10.3. The lowest BCUT2D eigenvalue weighted by Gasteiger charge is -2.02. The molecule has 2 nitrogen and oxygen atoms in total. The van der Waals surface area contributed by atoms with Gasteiger partial charge in [0.25, 0.3) is 0 Å². The number of carbonyl (C=O) groups is 1. The molecule has 1 aromatic heterocycles. The highest BCUT2D eigenvalue weighted by molar-refractivity contribution is 5.82. The van der Waals surface area contributed by atoms with Gasteiger partial charge in [0, 0.05) is 18.0 Å². The van der Waals surface area contributed by atoms with E-state index in [1.165, 1.54) is 5.56 Å². The van der Waals surface area contributed by atoms with E-state index in [1.54, 1.807) is 6.20 Å². The van der Waals surface area contributed by atoms with Crippen LogP contribution < -0.4 is 0 Å². The van der Waals surface area contributed by atoms with Crippen molar-refractivity contribution in [3.8, 4) is 0 Å². The average Bonchev–Trinajstić information content (AvgIpc) is 2.26. The summed E-state index contributed by atoms with van der Waals surface area (Å²) in [7, 11) is 0. The summed E-state index contributed by atoms with van der Waals surface area (Å²) < 4.78 is 0. The van der Waals surface area contributed by atoms with Crippen LogP contribution in [-0.2, 0) is 11.2 Å². The minimum atomic E-state index is 0.577. The number of carbonyl (C=O) groups excluding carboxylic acids is 1. The van der Waals surface area contributed by atoms with Crippen LogP contribution >= 0.6 is 0 Å². The van der Waals surface area contributed by atoms with Crippen molar-refractivity contribution in [3.05, 3.63) is 42.1 Å². The molecule has 0 atom stereocenters. The Labute approximate surface area is 82.6 Å². The van der Waals surface area contributed by atoms with Gasteiger partial charge < -0.3 is 4.79 Å². The van der Waals surface area contributed by atoms with Gasteiger partial charge in [-0.3, -0.25) is 4.98 Å². The van der Waals surface area contributed by atoms with E-state index in [4.69, 9.17) is 0 Å². The molecule has 2 aromatic rings. The Balaban J connectivity index is 2.48. The molecule has 1 aromatic carbocycles. The molecule has 0 saturated heterocycles. The van der Waals surface area contributed by atoms with Gasteiger partial charge in [0.1, 0.15) is 6.29 Å². The Morgan fingerprint density at radius 2 is 2.07 bits per heavy atom. The number of aldehydes is 1. The zero-order valence-corrected chi connectivity index (χ0v) is 7.81. The number of para-hydroxylation sites is 1. The second kappa shape index (κ2) is 4.01. The Hall–Kier alpha value is -1.70. The zero-order chi connectivity index (χ0) is 9.80. The van der Waals surface area contributed by atoms with Crippen molar-refractivity contribution in [2.45, 2.75) is 12.8 Å². The SMILES string of the molecule is O=CCCc1ccnc2ccccc12. The fraction of sp³-hybridized carbons (Fsp3) is 0.167. The quantitative estimate of drug-likeness (QED) is 0.687. The topological polar surface area (TPSA) is 30.0 Å². The lowest BCUT2D eigenvalue weighted by atomic mass is 10.1. The van der Waals surface area contributed by atoms with Crippen LogP contribution in [0.4, 0.5) is 0 Å². The van der Waals surface area contributed by atoms with E-state index < -0.39 is 0 Å². The van der Waals surface area contributed by atoms with Crippen molar-refractivity contribution >= 4 is 17.2 Å². The summed E-state index contributed by atoms with van der Waals surface area (Å²) in [6.07, 6.45) is 4.12. The lowest BCUT2D eigenvalue weighted by molar-refractivity contribution is -0.107. The number of aromatic nitrogens is 1. The highest BCUT2D eigenvalue weighted by atomic mass is 16.1. The van der Waals surface area contributed by atoms with Gasteiger partial charge >= 0.3 is 0 Å². The molecule has 0 aliphatic carbocycles. The van der Waals surface area contributed by atoms with Crippen LogP contribution in [0, 0.1) is 0 Å². The number of rotatable bonds is 3. The maximum atomic E-state index is 10.3. The second-order valence-electron chi connectivity index (χ2n) is 3.19. The molecule has 0 saturated carbocycles. The number of benzene rings is 1. The molecule has 0 unspecified atom stereocenters. The van der Waals surface area contributed by atoms with Gasteiger partial charge in [-0.05, 0) is 24.1 Å².